The van der Waals surface area contributed by atoms with Crippen LogP contribution in [0.5, 0.6) is 0 Å². The molecule has 3 rings (SSSR count). The lowest BCUT2D eigenvalue weighted by Crippen LogP contribution is -2.24. The first-order chi connectivity index (χ1) is 16.7. The van der Waals surface area contributed by atoms with Gasteiger partial charge in [-0.15, -0.1) is 0 Å². The molecular weight excluding hydrogens is 453 g/mol. The van der Waals surface area contributed by atoms with Crippen LogP contribution >= 0.6 is 0 Å². The number of aromatic nitrogens is 1. The van der Waals surface area contributed by atoms with Gasteiger partial charge in [0.05, 0.1) is 11.3 Å². The molecule has 1 aromatic heterocycles. The van der Waals surface area contributed by atoms with Crippen molar-refractivity contribution < 1.29 is 18.0 Å². The van der Waals surface area contributed by atoms with E-state index in [1.165, 1.54) is 23.4 Å². The molecule has 188 valence electrons. The summed E-state index contributed by atoms with van der Waals surface area (Å²) in [6.45, 7) is 8.74. The average molecular weight is 487 g/mol. The second-order valence-corrected chi connectivity index (χ2v) is 8.17. The lowest BCUT2D eigenvalue weighted by molar-refractivity contribution is -0.137. The molecule has 0 saturated heterocycles. The summed E-state index contributed by atoms with van der Waals surface area (Å²) in [5.41, 5.74) is 11.1. The third-order valence-corrected chi connectivity index (χ3v) is 5.22. The van der Waals surface area contributed by atoms with E-state index in [1.54, 1.807) is 0 Å². The number of carbonyl (C=O) groups excluding carboxylic acids is 1. The molecule has 35 heavy (non-hydrogen) atoms. The SMILES string of the molecule is CCCN(CCC)c1ccc(N)c(-c2cc(C)ccn2)c1.O=CNCc1cccc(C(F)(F)F)c1. The summed E-state index contributed by atoms with van der Waals surface area (Å²) in [7, 11) is 0. The molecule has 0 aliphatic heterocycles. The molecule has 5 nitrogen and oxygen atoms in total. The number of alkyl halides is 3. The average Bonchev–Trinajstić information content (AvgIpc) is 2.83. The summed E-state index contributed by atoms with van der Waals surface area (Å²) in [5, 5.41) is 2.30. The maximum absolute atomic E-state index is 12.2. The van der Waals surface area contributed by atoms with Gasteiger partial charge in [0.1, 0.15) is 0 Å². The van der Waals surface area contributed by atoms with Crippen LogP contribution in [0.4, 0.5) is 24.5 Å². The predicted octanol–water partition coefficient (Wildman–Crippen LogP) is 6.22. The number of amides is 1. The number of aryl methyl sites for hydroxylation is 1. The quantitative estimate of drug-likeness (QED) is 0.278. The summed E-state index contributed by atoms with van der Waals surface area (Å²) in [4.78, 5) is 16.8. The van der Waals surface area contributed by atoms with E-state index >= 15 is 0 Å². The molecule has 1 amide bonds. The van der Waals surface area contributed by atoms with Gasteiger partial charge < -0.3 is 16.0 Å². The summed E-state index contributed by atoms with van der Waals surface area (Å²) < 4.78 is 36.6. The Hall–Kier alpha value is -3.55. The highest BCUT2D eigenvalue weighted by atomic mass is 19.4. The first-order valence-corrected chi connectivity index (χ1v) is 11.6. The predicted molar refractivity (Wildman–Crippen MR) is 136 cm³/mol. The largest absolute Gasteiger partial charge is 0.416 e. The van der Waals surface area contributed by atoms with Crippen molar-refractivity contribution in [2.75, 3.05) is 23.7 Å². The summed E-state index contributed by atoms with van der Waals surface area (Å²) in [5.74, 6) is 0. The molecule has 1 heterocycles. The van der Waals surface area contributed by atoms with Gasteiger partial charge in [-0.25, -0.2) is 0 Å². The Bertz CT molecular complexity index is 1080. The summed E-state index contributed by atoms with van der Waals surface area (Å²) in [6, 6.07) is 15.2. The van der Waals surface area contributed by atoms with E-state index in [4.69, 9.17) is 5.73 Å². The van der Waals surface area contributed by atoms with E-state index in [0.29, 0.717) is 12.0 Å². The lowest BCUT2D eigenvalue weighted by Gasteiger charge is -2.24. The van der Waals surface area contributed by atoms with E-state index in [0.717, 1.165) is 55.0 Å². The van der Waals surface area contributed by atoms with Gasteiger partial charge >= 0.3 is 6.18 Å². The first-order valence-electron chi connectivity index (χ1n) is 11.6. The second-order valence-electron chi connectivity index (χ2n) is 8.17. The van der Waals surface area contributed by atoms with Crippen LogP contribution in [0, 0.1) is 6.92 Å². The van der Waals surface area contributed by atoms with Gasteiger partial charge in [0.15, 0.2) is 0 Å². The molecule has 0 bridgehead atoms. The van der Waals surface area contributed by atoms with E-state index in [9.17, 15) is 18.0 Å². The highest BCUT2D eigenvalue weighted by Gasteiger charge is 2.30. The topological polar surface area (TPSA) is 71.2 Å². The van der Waals surface area contributed by atoms with Gasteiger partial charge in [0.25, 0.3) is 0 Å². The van der Waals surface area contributed by atoms with Crippen LogP contribution in [0.2, 0.25) is 0 Å². The molecule has 3 N–H and O–H groups in total. The van der Waals surface area contributed by atoms with E-state index in [1.807, 2.05) is 18.3 Å². The van der Waals surface area contributed by atoms with E-state index in [2.05, 4.69) is 54.2 Å². The molecular formula is C27H33F3N4O. The van der Waals surface area contributed by atoms with Gasteiger partial charge in [-0.2, -0.15) is 13.2 Å². The van der Waals surface area contributed by atoms with Crippen molar-refractivity contribution >= 4 is 17.8 Å². The zero-order chi connectivity index (χ0) is 25.8. The molecule has 0 fully saturated rings. The Morgan fingerprint density at radius 1 is 1.03 bits per heavy atom. The van der Waals surface area contributed by atoms with Gasteiger partial charge in [-0.05, 0) is 73.4 Å². The summed E-state index contributed by atoms with van der Waals surface area (Å²) in [6.07, 6.45) is 0.231. The van der Waals surface area contributed by atoms with Crippen LogP contribution in [0.25, 0.3) is 11.3 Å². The molecule has 0 saturated carbocycles. The number of nitrogens with one attached hydrogen (secondary N) is 1. The maximum Gasteiger partial charge on any atom is 0.416 e. The number of benzene rings is 2. The van der Waals surface area contributed by atoms with Crippen LogP contribution < -0.4 is 16.0 Å². The van der Waals surface area contributed by atoms with Gasteiger partial charge in [-0.3, -0.25) is 9.78 Å². The fourth-order valence-electron chi connectivity index (χ4n) is 3.57. The molecule has 0 aliphatic carbocycles. The number of carbonyl (C=O) groups is 1. The molecule has 0 atom stereocenters. The van der Waals surface area contributed by atoms with E-state index < -0.39 is 11.7 Å². The number of nitrogen functional groups attached to an aromatic ring is 1. The van der Waals surface area contributed by atoms with Crippen molar-refractivity contribution in [1.82, 2.24) is 10.3 Å². The Morgan fingerprint density at radius 2 is 1.74 bits per heavy atom. The molecule has 3 aromatic rings. The minimum atomic E-state index is -4.34. The number of halogens is 3. The van der Waals surface area contributed by atoms with Crippen molar-refractivity contribution in [3.05, 3.63) is 77.5 Å². The van der Waals surface area contributed by atoms with Crippen LogP contribution in [0.15, 0.2) is 60.8 Å². The second kappa shape index (κ2) is 13.4. The van der Waals surface area contributed by atoms with Crippen molar-refractivity contribution in [2.45, 2.75) is 46.3 Å². The Kier molecular flexibility index (Phi) is 10.6. The number of hydrogen-bond acceptors (Lipinski definition) is 4. The monoisotopic (exact) mass is 486 g/mol. The number of pyridine rings is 1. The maximum atomic E-state index is 12.2. The van der Waals surface area contributed by atoms with Crippen molar-refractivity contribution in [3.8, 4) is 11.3 Å². The molecule has 0 spiro atoms. The highest BCUT2D eigenvalue weighted by molar-refractivity contribution is 5.78. The number of anilines is 2. The molecule has 8 heteroatoms. The molecule has 0 unspecified atom stereocenters. The number of nitrogens with two attached hydrogens (primary N) is 1. The first kappa shape index (κ1) is 27.7. The zero-order valence-electron chi connectivity index (χ0n) is 20.4. The van der Waals surface area contributed by atoms with Crippen molar-refractivity contribution in [1.29, 1.82) is 0 Å². The molecule has 0 radical (unpaired) electrons. The standard InChI is InChI=1S/C18H25N3.C9H8F3NO/c1-4-10-21(11-5-2)15-6-7-17(19)16(13-15)18-12-14(3)8-9-20-18;10-9(11,12)8-3-1-2-7(4-8)5-13-6-14/h6-9,12-13H,4-5,10-11,19H2,1-3H3;1-4,6H,5H2,(H,13,14). The summed E-state index contributed by atoms with van der Waals surface area (Å²) >= 11 is 0. The van der Waals surface area contributed by atoms with E-state index in [-0.39, 0.29) is 6.54 Å². The smallest absolute Gasteiger partial charge is 0.398 e. The Labute approximate surface area is 205 Å². The van der Waals surface area contributed by atoms with Crippen LogP contribution in [-0.4, -0.2) is 24.5 Å². The van der Waals surface area contributed by atoms with Gasteiger partial charge in [0.2, 0.25) is 6.41 Å². The molecule has 0 aliphatic rings. The highest BCUT2D eigenvalue weighted by Crippen LogP contribution is 2.30. The third kappa shape index (κ3) is 8.63. The fourth-order valence-corrected chi connectivity index (χ4v) is 3.57. The van der Waals surface area contributed by atoms with Crippen molar-refractivity contribution in [3.63, 3.8) is 0 Å². The number of nitrogens with zero attached hydrogens (tertiary/aromatic N) is 2. The Morgan fingerprint density at radius 3 is 2.34 bits per heavy atom. The Balaban J connectivity index is 0.000000269. The van der Waals surface area contributed by atoms with Crippen molar-refractivity contribution in [2.24, 2.45) is 0 Å². The van der Waals surface area contributed by atoms with Gasteiger partial charge in [0, 0.05) is 42.8 Å². The molecule has 2 aromatic carbocycles. The normalized spacial score (nSPS) is 10.8. The van der Waals surface area contributed by atoms with Gasteiger partial charge in [-0.1, -0.05) is 26.0 Å². The lowest BCUT2D eigenvalue weighted by atomic mass is 10.1. The van der Waals surface area contributed by atoms with Crippen LogP contribution in [0.3, 0.4) is 0 Å². The minimum Gasteiger partial charge on any atom is -0.398 e. The third-order valence-electron chi connectivity index (χ3n) is 5.22. The number of rotatable bonds is 9. The van der Waals surface area contributed by atoms with Crippen LogP contribution in [-0.2, 0) is 17.5 Å². The zero-order valence-corrected chi connectivity index (χ0v) is 20.4. The fraction of sp³-hybridized carbons (Fsp3) is 0.333. The minimum absolute atomic E-state index is 0.105. The number of hydrogen-bond donors (Lipinski definition) is 2. The van der Waals surface area contributed by atoms with Crippen LogP contribution in [0.1, 0.15) is 43.4 Å².